The summed E-state index contributed by atoms with van der Waals surface area (Å²) in [5.74, 6) is 0.631. The molecule has 1 fully saturated rings. The molecule has 1 saturated heterocycles. The Morgan fingerprint density at radius 3 is 2.84 bits per heavy atom. The van der Waals surface area contributed by atoms with Crippen LogP contribution in [0.3, 0.4) is 0 Å². The van der Waals surface area contributed by atoms with Gasteiger partial charge in [-0.05, 0) is 54.6 Å². The normalized spacial score (nSPS) is 22.7. The molecule has 0 bridgehead atoms. The second kappa shape index (κ2) is 6.37. The summed E-state index contributed by atoms with van der Waals surface area (Å²) in [5.41, 5.74) is 8.49. The van der Waals surface area contributed by atoms with E-state index in [9.17, 15) is 0 Å². The zero-order chi connectivity index (χ0) is 14.0. The molecule has 0 radical (unpaired) electrons. The minimum absolute atomic E-state index is 0.295. The van der Waals surface area contributed by atoms with Crippen molar-refractivity contribution in [1.29, 1.82) is 0 Å². The van der Waals surface area contributed by atoms with Gasteiger partial charge in [-0.3, -0.25) is 9.58 Å². The summed E-state index contributed by atoms with van der Waals surface area (Å²) >= 11 is 3.70. The van der Waals surface area contributed by atoms with Gasteiger partial charge in [0.25, 0.3) is 0 Å². The third-order valence-corrected chi connectivity index (χ3v) is 5.08. The average molecular weight is 329 g/mol. The standard InChI is InChI=1S/C14H25BrN4/c1-4-12-14(15)13(18(3)17-12)9-19-7-5-6-11(8-19)10(2)16/h10-11H,4-9,16H2,1-3H3. The molecule has 5 heteroatoms. The van der Waals surface area contributed by atoms with Gasteiger partial charge in [0, 0.05) is 26.2 Å². The lowest BCUT2D eigenvalue weighted by molar-refractivity contribution is 0.151. The largest absolute Gasteiger partial charge is 0.328 e. The molecule has 2 unspecified atom stereocenters. The van der Waals surface area contributed by atoms with Crippen LogP contribution in [0.15, 0.2) is 4.47 Å². The van der Waals surface area contributed by atoms with Gasteiger partial charge >= 0.3 is 0 Å². The number of nitrogens with two attached hydrogens (primary N) is 1. The molecule has 2 N–H and O–H groups in total. The molecule has 2 rings (SSSR count). The van der Waals surface area contributed by atoms with Gasteiger partial charge in [0.15, 0.2) is 0 Å². The summed E-state index contributed by atoms with van der Waals surface area (Å²) < 4.78 is 3.19. The van der Waals surface area contributed by atoms with Crippen molar-refractivity contribution in [3.8, 4) is 0 Å². The van der Waals surface area contributed by atoms with Crippen LogP contribution in [-0.2, 0) is 20.0 Å². The summed E-state index contributed by atoms with van der Waals surface area (Å²) in [6.07, 6.45) is 3.49. The third kappa shape index (κ3) is 3.38. The number of aromatic nitrogens is 2. The van der Waals surface area contributed by atoms with Gasteiger partial charge in [-0.2, -0.15) is 5.10 Å². The third-order valence-electron chi connectivity index (χ3n) is 4.16. The molecule has 1 aromatic heterocycles. The summed E-state index contributed by atoms with van der Waals surface area (Å²) in [5, 5.41) is 4.57. The lowest BCUT2D eigenvalue weighted by Gasteiger charge is -2.34. The molecule has 0 amide bonds. The van der Waals surface area contributed by atoms with Crippen molar-refractivity contribution in [3.63, 3.8) is 0 Å². The van der Waals surface area contributed by atoms with Crippen molar-refractivity contribution in [3.05, 3.63) is 15.9 Å². The number of likely N-dealkylation sites (tertiary alicyclic amines) is 1. The fourth-order valence-electron chi connectivity index (χ4n) is 2.87. The van der Waals surface area contributed by atoms with Crippen molar-refractivity contribution in [2.75, 3.05) is 13.1 Å². The first-order valence-electron chi connectivity index (χ1n) is 7.21. The second-order valence-electron chi connectivity index (χ2n) is 5.68. The van der Waals surface area contributed by atoms with Gasteiger partial charge in [-0.15, -0.1) is 0 Å². The molecule has 2 atom stereocenters. The van der Waals surface area contributed by atoms with Crippen LogP contribution in [0.5, 0.6) is 0 Å². The van der Waals surface area contributed by atoms with E-state index >= 15 is 0 Å². The molecule has 2 heterocycles. The minimum Gasteiger partial charge on any atom is -0.328 e. The highest BCUT2D eigenvalue weighted by molar-refractivity contribution is 9.10. The van der Waals surface area contributed by atoms with Crippen LogP contribution in [0.2, 0.25) is 0 Å². The maximum Gasteiger partial charge on any atom is 0.0767 e. The van der Waals surface area contributed by atoms with Crippen molar-refractivity contribution in [2.45, 2.75) is 45.7 Å². The zero-order valence-corrected chi connectivity index (χ0v) is 13.8. The highest BCUT2D eigenvalue weighted by Gasteiger charge is 2.24. The molecular formula is C14H25BrN4. The van der Waals surface area contributed by atoms with Crippen LogP contribution in [0.1, 0.15) is 38.1 Å². The van der Waals surface area contributed by atoms with Gasteiger partial charge in [0.05, 0.1) is 15.9 Å². The van der Waals surface area contributed by atoms with Gasteiger partial charge in [0.1, 0.15) is 0 Å². The Bertz CT molecular complexity index is 427. The lowest BCUT2D eigenvalue weighted by Crippen LogP contribution is -2.42. The Morgan fingerprint density at radius 1 is 1.53 bits per heavy atom. The lowest BCUT2D eigenvalue weighted by atomic mass is 9.92. The number of nitrogens with zero attached hydrogens (tertiary/aromatic N) is 3. The number of rotatable bonds is 4. The van der Waals surface area contributed by atoms with E-state index in [0.29, 0.717) is 12.0 Å². The molecule has 108 valence electrons. The van der Waals surface area contributed by atoms with Crippen LogP contribution >= 0.6 is 15.9 Å². The highest BCUT2D eigenvalue weighted by Crippen LogP contribution is 2.25. The van der Waals surface area contributed by atoms with E-state index < -0.39 is 0 Å². The topological polar surface area (TPSA) is 47.1 Å². The molecule has 0 spiro atoms. The van der Waals surface area contributed by atoms with Crippen molar-refractivity contribution >= 4 is 15.9 Å². The van der Waals surface area contributed by atoms with Crippen LogP contribution in [-0.4, -0.2) is 33.8 Å². The Balaban J connectivity index is 2.06. The van der Waals surface area contributed by atoms with Crippen molar-refractivity contribution < 1.29 is 0 Å². The molecule has 4 nitrogen and oxygen atoms in total. The van der Waals surface area contributed by atoms with Gasteiger partial charge < -0.3 is 5.73 Å². The predicted molar refractivity (Wildman–Crippen MR) is 81.9 cm³/mol. The molecule has 1 aliphatic rings. The first-order valence-corrected chi connectivity index (χ1v) is 8.00. The quantitative estimate of drug-likeness (QED) is 0.922. The van der Waals surface area contributed by atoms with E-state index in [1.807, 2.05) is 11.7 Å². The van der Waals surface area contributed by atoms with Crippen molar-refractivity contribution in [2.24, 2.45) is 18.7 Å². The van der Waals surface area contributed by atoms with E-state index in [2.05, 4.69) is 39.8 Å². The monoisotopic (exact) mass is 328 g/mol. The summed E-state index contributed by atoms with van der Waals surface area (Å²) in [6, 6.07) is 0.295. The number of piperidine rings is 1. The fraction of sp³-hybridized carbons (Fsp3) is 0.786. The van der Waals surface area contributed by atoms with E-state index in [1.165, 1.54) is 29.6 Å². The molecule has 19 heavy (non-hydrogen) atoms. The fourth-order valence-corrected chi connectivity index (χ4v) is 3.61. The average Bonchev–Trinajstić information content (AvgIpc) is 2.66. The highest BCUT2D eigenvalue weighted by atomic mass is 79.9. The first kappa shape index (κ1) is 15.0. The Morgan fingerprint density at radius 2 is 2.26 bits per heavy atom. The maximum atomic E-state index is 6.05. The number of aryl methyl sites for hydroxylation is 2. The number of hydrogen-bond acceptors (Lipinski definition) is 3. The van der Waals surface area contributed by atoms with Crippen LogP contribution in [0, 0.1) is 5.92 Å². The SMILES string of the molecule is CCc1nn(C)c(CN2CCCC(C(C)N)C2)c1Br. The maximum absolute atomic E-state index is 6.05. The molecule has 1 aromatic rings. The molecular weight excluding hydrogens is 304 g/mol. The van der Waals surface area contributed by atoms with E-state index in [1.54, 1.807) is 0 Å². The Labute approximate surface area is 124 Å². The smallest absolute Gasteiger partial charge is 0.0767 e. The van der Waals surface area contributed by atoms with E-state index in [0.717, 1.165) is 25.2 Å². The van der Waals surface area contributed by atoms with Crippen LogP contribution in [0.4, 0.5) is 0 Å². The van der Waals surface area contributed by atoms with Gasteiger partial charge in [0.2, 0.25) is 0 Å². The summed E-state index contributed by atoms with van der Waals surface area (Å²) in [6.45, 7) is 7.51. The molecule has 0 aliphatic carbocycles. The number of halogens is 1. The molecule has 0 aromatic carbocycles. The summed E-state index contributed by atoms with van der Waals surface area (Å²) in [7, 11) is 2.03. The van der Waals surface area contributed by atoms with Crippen LogP contribution in [0.25, 0.3) is 0 Å². The summed E-state index contributed by atoms with van der Waals surface area (Å²) in [4.78, 5) is 2.51. The first-order chi connectivity index (χ1) is 9.02. The van der Waals surface area contributed by atoms with E-state index in [-0.39, 0.29) is 0 Å². The van der Waals surface area contributed by atoms with Gasteiger partial charge in [-0.1, -0.05) is 6.92 Å². The minimum atomic E-state index is 0.295. The Kier molecular flexibility index (Phi) is 5.03. The number of hydrogen-bond donors (Lipinski definition) is 1. The predicted octanol–water partition coefficient (Wildman–Crippen LogP) is 2.30. The Hall–Kier alpha value is -0.390. The molecule has 0 saturated carbocycles. The van der Waals surface area contributed by atoms with Crippen molar-refractivity contribution in [1.82, 2.24) is 14.7 Å². The van der Waals surface area contributed by atoms with E-state index in [4.69, 9.17) is 5.73 Å². The zero-order valence-electron chi connectivity index (χ0n) is 12.2. The molecule has 1 aliphatic heterocycles. The second-order valence-corrected chi connectivity index (χ2v) is 6.47. The van der Waals surface area contributed by atoms with Gasteiger partial charge in [-0.25, -0.2) is 0 Å². The van der Waals surface area contributed by atoms with Crippen LogP contribution < -0.4 is 5.73 Å².